The highest BCUT2D eigenvalue weighted by Crippen LogP contribution is 2.32. The number of para-hydroxylation sites is 1. The first kappa shape index (κ1) is 15.6. The lowest BCUT2D eigenvalue weighted by molar-refractivity contribution is -0.119. The average molecular weight is 312 g/mol. The number of rotatable bonds is 4. The normalized spacial score (nSPS) is 16.9. The molecule has 0 unspecified atom stereocenters. The molecule has 0 saturated carbocycles. The van der Waals surface area contributed by atoms with Gasteiger partial charge in [-0.3, -0.25) is 4.79 Å². The summed E-state index contributed by atoms with van der Waals surface area (Å²) in [5, 5.41) is 5.16. The Hall–Kier alpha value is -1.80. The second-order valence-corrected chi connectivity index (χ2v) is 6.86. The van der Waals surface area contributed by atoms with Crippen LogP contribution in [0.1, 0.15) is 19.3 Å². The van der Waals surface area contributed by atoms with Crippen molar-refractivity contribution in [2.45, 2.75) is 24.2 Å². The van der Waals surface area contributed by atoms with Crippen LogP contribution >= 0.6 is 0 Å². The van der Waals surface area contributed by atoms with E-state index >= 15 is 0 Å². The van der Waals surface area contributed by atoms with Gasteiger partial charge in [-0.15, -0.1) is 0 Å². The van der Waals surface area contributed by atoms with Crippen LogP contribution in [0.3, 0.4) is 0 Å². The number of piperidine rings is 1. The molecule has 1 amide bonds. The summed E-state index contributed by atoms with van der Waals surface area (Å²) in [6.45, 7) is 1.41. The number of carbonyl (C=O) groups is 1. The zero-order chi connectivity index (χ0) is 15.6. The molecule has 1 saturated heterocycles. The Kier molecular flexibility index (Phi) is 4.38. The Morgan fingerprint density at radius 1 is 1.29 bits per heavy atom. The molecule has 8 heteroatoms. The van der Waals surface area contributed by atoms with Crippen LogP contribution in [-0.2, 0) is 14.8 Å². The van der Waals surface area contributed by atoms with Crippen molar-refractivity contribution in [2.75, 3.05) is 23.7 Å². The number of nitrogen functional groups attached to an aromatic ring is 1. The monoisotopic (exact) mass is 312 g/mol. The van der Waals surface area contributed by atoms with E-state index in [1.54, 1.807) is 12.1 Å². The van der Waals surface area contributed by atoms with E-state index in [9.17, 15) is 13.2 Å². The first-order valence-electron chi connectivity index (χ1n) is 6.73. The van der Waals surface area contributed by atoms with E-state index in [1.165, 1.54) is 6.07 Å². The van der Waals surface area contributed by atoms with Crippen molar-refractivity contribution in [3.05, 3.63) is 18.2 Å². The number of anilines is 2. The average Bonchev–Trinajstić information content (AvgIpc) is 2.38. The van der Waals surface area contributed by atoms with Gasteiger partial charge in [0.25, 0.3) is 0 Å². The van der Waals surface area contributed by atoms with Gasteiger partial charge >= 0.3 is 0 Å². The molecule has 1 aliphatic rings. The lowest BCUT2D eigenvalue weighted by atomic mass is 9.93. The van der Waals surface area contributed by atoms with Gasteiger partial charge < -0.3 is 16.4 Å². The van der Waals surface area contributed by atoms with Gasteiger partial charge in [-0.05, 0) is 30.9 Å². The minimum atomic E-state index is -3.83. The van der Waals surface area contributed by atoms with Crippen molar-refractivity contribution < 1.29 is 13.2 Å². The lowest BCUT2D eigenvalue weighted by Gasteiger charge is -2.34. The minimum Gasteiger partial charge on any atom is -0.396 e. The molecule has 0 atom stereocenters. The number of amides is 1. The van der Waals surface area contributed by atoms with Crippen molar-refractivity contribution in [1.82, 2.24) is 0 Å². The number of hydrogen-bond acceptors (Lipinski definition) is 5. The van der Waals surface area contributed by atoms with Crippen molar-refractivity contribution >= 4 is 27.3 Å². The number of nitrogens with two attached hydrogens (primary N) is 3. The first-order chi connectivity index (χ1) is 9.79. The zero-order valence-corrected chi connectivity index (χ0v) is 12.5. The fraction of sp³-hybridized carbons (Fsp3) is 0.462. The second-order valence-electron chi connectivity index (χ2n) is 5.33. The number of sulfonamides is 1. The summed E-state index contributed by atoms with van der Waals surface area (Å²) in [5.41, 5.74) is 12.0. The van der Waals surface area contributed by atoms with Gasteiger partial charge in [-0.25, -0.2) is 13.6 Å². The maximum absolute atomic E-state index is 11.5. The number of primary amides is 1. The maximum atomic E-state index is 11.5. The lowest BCUT2D eigenvalue weighted by Crippen LogP contribution is -2.35. The molecule has 0 aromatic heterocycles. The summed E-state index contributed by atoms with van der Waals surface area (Å²) in [7, 11) is -3.83. The molecule has 2 rings (SSSR count). The summed E-state index contributed by atoms with van der Waals surface area (Å²) in [6.07, 6.45) is 2.03. The molecule has 0 spiro atoms. The van der Waals surface area contributed by atoms with Gasteiger partial charge in [0.1, 0.15) is 4.90 Å². The number of carbonyl (C=O) groups excluding carboxylic acids is 1. The predicted octanol–water partition coefficient (Wildman–Crippen LogP) is 0.00800. The molecule has 0 radical (unpaired) electrons. The third-order valence-electron chi connectivity index (χ3n) is 3.79. The summed E-state index contributed by atoms with van der Waals surface area (Å²) >= 11 is 0. The Morgan fingerprint density at radius 2 is 1.90 bits per heavy atom. The molecular formula is C13H20N4O3S. The van der Waals surface area contributed by atoms with Crippen molar-refractivity contribution in [3.63, 3.8) is 0 Å². The number of nitrogens with zero attached hydrogens (tertiary/aromatic N) is 1. The molecule has 21 heavy (non-hydrogen) atoms. The summed E-state index contributed by atoms with van der Waals surface area (Å²) in [4.78, 5) is 12.9. The summed E-state index contributed by atoms with van der Waals surface area (Å²) < 4.78 is 23.0. The van der Waals surface area contributed by atoms with Crippen LogP contribution in [0.25, 0.3) is 0 Å². The smallest absolute Gasteiger partial charge is 0.240 e. The maximum Gasteiger partial charge on any atom is 0.240 e. The van der Waals surface area contributed by atoms with Crippen LogP contribution in [0.5, 0.6) is 0 Å². The Labute approximate surface area is 124 Å². The predicted molar refractivity (Wildman–Crippen MR) is 81.0 cm³/mol. The van der Waals surface area contributed by atoms with Crippen molar-refractivity contribution in [2.24, 2.45) is 16.8 Å². The molecule has 1 heterocycles. The molecule has 1 aliphatic heterocycles. The van der Waals surface area contributed by atoms with Crippen LogP contribution in [0.2, 0.25) is 0 Å². The van der Waals surface area contributed by atoms with E-state index in [2.05, 4.69) is 0 Å². The van der Waals surface area contributed by atoms with E-state index in [1.807, 2.05) is 4.90 Å². The Balaban J connectivity index is 2.16. The molecule has 7 nitrogen and oxygen atoms in total. The largest absolute Gasteiger partial charge is 0.396 e. The van der Waals surface area contributed by atoms with Gasteiger partial charge in [0.2, 0.25) is 15.9 Å². The molecule has 0 aliphatic carbocycles. The molecular weight excluding hydrogens is 292 g/mol. The van der Waals surface area contributed by atoms with Crippen LogP contribution in [-0.4, -0.2) is 27.4 Å². The van der Waals surface area contributed by atoms with Crippen LogP contribution in [0, 0.1) is 5.92 Å². The topological polar surface area (TPSA) is 133 Å². The third kappa shape index (κ3) is 3.64. The molecule has 6 N–H and O–H groups in total. The first-order valence-corrected chi connectivity index (χ1v) is 8.28. The minimum absolute atomic E-state index is 0.0562. The fourth-order valence-electron chi connectivity index (χ4n) is 2.72. The highest BCUT2D eigenvalue weighted by atomic mass is 32.2. The summed E-state index contributed by atoms with van der Waals surface area (Å²) in [5.74, 6) is -0.00872. The zero-order valence-electron chi connectivity index (χ0n) is 11.7. The molecule has 116 valence electrons. The Morgan fingerprint density at radius 3 is 2.43 bits per heavy atom. The second kappa shape index (κ2) is 5.90. The number of hydrogen-bond donors (Lipinski definition) is 3. The van der Waals surface area contributed by atoms with Crippen LogP contribution < -0.4 is 21.5 Å². The van der Waals surface area contributed by atoms with E-state index in [0.717, 1.165) is 12.8 Å². The van der Waals surface area contributed by atoms with Gasteiger partial charge in [-0.2, -0.15) is 0 Å². The van der Waals surface area contributed by atoms with Gasteiger partial charge in [0.05, 0.1) is 11.4 Å². The van der Waals surface area contributed by atoms with E-state index in [-0.39, 0.29) is 22.4 Å². The van der Waals surface area contributed by atoms with Crippen molar-refractivity contribution in [1.29, 1.82) is 0 Å². The van der Waals surface area contributed by atoms with Gasteiger partial charge in [0, 0.05) is 19.5 Å². The molecule has 1 aromatic carbocycles. The van der Waals surface area contributed by atoms with E-state index in [4.69, 9.17) is 16.6 Å². The van der Waals surface area contributed by atoms with Crippen LogP contribution in [0.4, 0.5) is 11.4 Å². The third-order valence-corrected chi connectivity index (χ3v) is 4.76. The van der Waals surface area contributed by atoms with E-state index in [0.29, 0.717) is 25.2 Å². The Bertz CT molecular complexity index is 637. The van der Waals surface area contributed by atoms with Crippen molar-refractivity contribution in [3.8, 4) is 0 Å². The summed E-state index contributed by atoms with van der Waals surface area (Å²) in [6, 6.07) is 4.80. The number of benzene rings is 1. The molecule has 0 bridgehead atoms. The molecule has 1 aromatic rings. The van der Waals surface area contributed by atoms with Gasteiger partial charge in [0.15, 0.2) is 0 Å². The highest BCUT2D eigenvalue weighted by Gasteiger charge is 2.24. The quantitative estimate of drug-likeness (QED) is 0.673. The highest BCUT2D eigenvalue weighted by molar-refractivity contribution is 7.89. The molecule has 1 fully saturated rings. The van der Waals surface area contributed by atoms with E-state index < -0.39 is 10.0 Å². The fourth-order valence-corrected chi connectivity index (χ4v) is 3.40. The number of primary sulfonamides is 1. The van der Waals surface area contributed by atoms with Gasteiger partial charge in [-0.1, -0.05) is 6.07 Å². The standard InChI is InChI=1S/C13H20N4O3S/c14-12(18)8-9-4-6-17(7-5-9)10-2-1-3-11(13(10)15)21(16,19)20/h1-3,9H,4-8,15H2,(H2,14,18)(H2,16,19,20). The van der Waals surface area contributed by atoms with Crippen LogP contribution in [0.15, 0.2) is 23.1 Å². The SMILES string of the molecule is NC(=O)CC1CCN(c2cccc(S(N)(=O)=O)c2N)CC1.